The molecule has 336 valence electrons. The van der Waals surface area contributed by atoms with Gasteiger partial charge in [0, 0.05) is 60.2 Å². The quantitative estimate of drug-likeness (QED) is 0.0804. The van der Waals surface area contributed by atoms with Crippen molar-refractivity contribution < 1.29 is 47.7 Å². The van der Waals surface area contributed by atoms with Crippen molar-refractivity contribution in [3.8, 4) is 22.6 Å². The molecule has 0 saturated carbocycles. The monoisotopic (exact) mass is 870 g/mol. The number of piperidine rings is 1. The first-order chi connectivity index (χ1) is 30.0. The van der Waals surface area contributed by atoms with Crippen LogP contribution in [0.2, 0.25) is 0 Å². The Bertz CT molecular complexity index is 2470. The lowest BCUT2D eigenvalue weighted by atomic mass is 9.88. The summed E-state index contributed by atoms with van der Waals surface area (Å²) in [5.74, 6) is -2.16. The Kier molecular flexibility index (Phi) is 14.0. The highest BCUT2D eigenvalue weighted by molar-refractivity contribution is 6.25. The third kappa shape index (κ3) is 10.2. The number of ether oxygens (including phenoxy) is 4. The number of aromatic amines is 1. The fraction of sp³-hybridized carbons (Fsp3) is 0.455. The number of pyridine rings is 1. The summed E-state index contributed by atoms with van der Waals surface area (Å²) in [6.45, 7) is 8.80. The van der Waals surface area contributed by atoms with E-state index in [9.17, 15) is 33.6 Å². The smallest absolute Gasteiger partial charge is 0.276 e. The molecule has 6 amide bonds. The molecular formula is C44H54N8O11. The number of carbonyl (C=O) groups excluding carboxylic acids is 6. The molecule has 1 saturated heterocycles. The Morgan fingerprint density at radius 3 is 2.32 bits per heavy atom. The zero-order chi connectivity index (χ0) is 45.6. The highest BCUT2D eigenvalue weighted by atomic mass is 16.5. The van der Waals surface area contributed by atoms with E-state index in [-0.39, 0.29) is 66.8 Å². The van der Waals surface area contributed by atoms with E-state index >= 15 is 0 Å². The van der Waals surface area contributed by atoms with Crippen LogP contribution in [-0.2, 0) is 42.3 Å². The van der Waals surface area contributed by atoms with Crippen LogP contribution < -0.4 is 36.3 Å². The molecule has 2 aliphatic heterocycles. The molecule has 63 heavy (non-hydrogen) atoms. The second kappa shape index (κ2) is 19.2. The molecule has 2 aliphatic rings. The summed E-state index contributed by atoms with van der Waals surface area (Å²) in [5, 5.41) is 18.4. The van der Waals surface area contributed by atoms with Gasteiger partial charge in [-0.2, -0.15) is 5.10 Å². The minimum atomic E-state index is -1.10. The van der Waals surface area contributed by atoms with Gasteiger partial charge in [0.2, 0.25) is 23.6 Å². The molecule has 2 aromatic heterocycles. The summed E-state index contributed by atoms with van der Waals surface area (Å²) in [6, 6.07) is 7.19. The maximum Gasteiger partial charge on any atom is 0.276 e. The summed E-state index contributed by atoms with van der Waals surface area (Å²) in [4.78, 5) is 89.9. The van der Waals surface area contributed by atoms with Crippen LogP contribution in [-0.4, -0.2) is 115 Å². The number of fused-ring (bicyclic) bond motifs is 2. The first-order valence-electron chi connectivity index (χ1n) is 20.5. The van der Waals surface area contributed by atoms with E-state index in [0.717, 1.165) is 16.0 Å². The number of aryl methyl sites for hydroxylation is 1. The molecule has 0 radical (unpaired) electrons. The topological polar surface area (TPSA) is 241 Å². The lowest BCUT2D eigenvalue weighted by Gasteiger charge is -2.31. The average molecular weight is 871 g/mol. The van der Waals surface area contributed by atoms with Gasteiger partial charge in [-0.1, -0.05) is 33.8 Å². The molecule has 2 aromatic carbocycles. The maximum absolute atomic E-state index is 13.4. The van der Waals surface area contributed by atoms with E-state index in [4.69, 9.17) is 18.9 Å². The van der Waals surface area contributed by atoms with Crippen LogP contribution in [0.5, 0.6) is 11.5 Å². The van der Waals surface area contributed by atoms with Crippen LogP contribution in [0.15, 0.2) is 47.5 Å². The Morgan fingerprint density at radius 1 is 0.921 bits per heavy atom. The second-order valence-electron chi connectivity index (χ2n) is 16.9. The molecule has 0 bridgehead atoms. The standard InChI is InChI=1S/C44H54N8O11/c1-8-44(4,22-47-35(54)17-45-30-11-9-10-26-37(30)41(58)52(40(26)57)31-12-13-34(53)49-39(31)56)24-63-23-43(2,3)21-46-36(55)20-62-19-29-32(60-6)14-25(15-33(29)61-7)28-18-51(5)42(59)38-27(28)16-48-50-38/h9-11,14-16,18,31,45H,8,12-13,17,19-24H2,1-7H3,(H,46,55)(H,47,54)(H,48,50)(H,49,53,56). The molecule has 0 spiro atoms. The molecule has 4 heterocycles. The highest BCUT2D eigenvalue weighted by Crippen LogP contribution is 2.38. The van der Waals surface area contributed by atoms with E-state index in [1.807, 2.05) is 39.8 Å². The lowest BCUT2D eigenvalue weighted by molar-refractivity contribution is -0.136. The van der Waals surface area contributed by atoms with E-state index in [0.29, 0.717) is 60.7 Å². The van der Waals surface area contributed by atoms with Gasteiger partial charge >= 0.3 is 0 Å². The van der Waals surface area contributed by atoms with E-state index in [2.05, 4.69) is 31.5 Å². The summed E-state index contributed by atoms with van der Waals surface area (Å²) < 4.78 is 24.8. The van der Waals surface area contributed by atoms with Crippen LogP contribution in [0.4, 0.5) is 5.69 Å². The van der Waals surface area contributed by atoms with Crippen LogP contribution in [0.25, 0.3) is 22.0 Å². The number of H-pyrrole nitrogens is 1. The van der Waals surface area contributed by atoms with Gasteiger partial charge in [-0.05, 0) is 42.7 Å². The number of nitrogens with one attached hydrogen (secondary N) is 5. The van der Waals surface area contributed by atoms with Crippen molar-refractivity contribution in [1.82, 2.24) is 35.6 Å². The van der Waals surface area contributed by atoms with Crippen molar-refractivity contribution in [2.75, 3.05) is 59.0 Å². The molecule has 5 N–H and O–H groups in total. The number of carbonyl (C=O) groups is 6. The van der Waals surface area contributed by atoms with Gasteiger partial charge in [0.25, 0.3) is 17.4 Å². The van der Waals surface area contributed by atoms with Crippen LogP contribution in [0.3, 0.4) is 0 Å². The Labute approximate surface area is 363 Å². The minimum absolute atomic E-state index is 0.00959. The number of anilines is 1. The fourth-order valence-electron chi connectivity index (χ4n) is 7.41. The van der Waals surface area contributed by atoms with Crippen molar-refractivity contribution in [1.29, 1.82) is 0 Å². The molecule has 2 atom stereocenters. The van der Waals surface area contributed by atoms with Gasteiger partial charge in [-0.3, -0.25) is 48.9 Å². The minimum Gasteiger partial charge on any atom is -0.496 e. The van der Waals surface area contributed by atoms with Crippen LogP contribution in [0, 0.1) is 10.8 Å². The fourth-order valence-corrected chi connectivity index (χ4v) is 7.41. The van der Waals surface area contributed by atoms with Gasteiger partial charge < -0.3 is 39.5 Å². The molecule has 1 fully saturated rings. The molecule has 19 heteroatoms. The van der Waals surface area contributed by atoms with Gasteiger partial charge in [-0.25, -0.2) is 0 Å². The third-order valence-electron chi connectivity index (χ3n) is 11.4. The Morgan fingerprint density at radius 2 is 1.63 bits per heavy atom. The van der Waals surface area contributed by atoms with Crippen molar-refractivity contribution in [3.05, 3.63) is 69.8 Å². The largest absolute Gasteiger partial charge is 0.496 e. The highest BCUT2D eigenvalue weighted by Gasteiger charge is 2.45. The molecular weight excluding hydrogens is 817 g/mol. The summed E-state index contributed by atoms with van der Waals surface area (Å²) in [7, 11) is 4.72. The number of rotatable bonds is 20. The van der Waals surface area contributed by atoms with Gasteiger partial charge in [0.15, 0.2) is 0 Å². The van der Waals surface area contributed by atoms with Gasteiger partial charge in [-0.15, -0.1) is 0 Å². The zero-order valence-electron chi connectivity index (χ0n) is 36.5. The molecule has 6 rings (SSSR count). The number of aromatic nitrogens is 3. The lowest BCUT2D eigenvalue weighted by Crippen LogP contribution is -2.54. The number of nitrogens with zero attached hydrogens (tertiary/aromatic N) is 3. The number of hydrogen-bond acceptors (Lipinski definition) is 13. The van der Waals surface area contributed by atoms with Gasteiger partial charge in [0.05, 0.1) is 63.5 Å². The number of hydrogen-bond donors (Lipinski definition) is 5. The third-order valence-corrected chi connectivity index (χ3v) is 11.4. The van der Waals surface area contributed by atoms with Crippen molar-refractivity contribution >= 4 is 52.0 Å². The zero-order valence-corrected chi connectivity index (χ0v) is 36.5. The predicted molar refractivity (Wildman–Crippen MR) is 230 cm³/mol. The first-order valence-corrected chi connectivity index (χ1v) is 20.5. The predicted octanol–water partition coefficient (Wildman–Crippen LogP) is 2.67. The number of imide groups is 2. The maximum atomic E-state index is 13.4. The molecule has 4 aromatic rings. The van der Waals surface area contributed by atoms with E-state index in [1.54, 1.807) is 31.6 Å². The average Bonchev–Trinajstić information content (AvgIpc) is 3.85. The first kappa shape index (κ1) is 45.9. The van der Waals surface area contributed by atoms with Gasteiger partial charge in [0.1, 0.15) is 29.7 Å². The Hall–Kier alpha value is -6.60. The summed E-state index contributed by atoms with van der Waals surface area (Å²) in [5.41, 5.74) is 1.88. The van der Waals surface area contributed by atoms with E-state index in [1.165, 1.54) is 24.9 Å². The van der Waals surface area contributed by atoms with Crippen molar-refractivity contribution in [2.45, 2.75) is 59.6 Å². The molecule has 2 unspecified atom stereocenters. The SMILES string of the molecule is CCC(C)(CNC(=O)CNc1cccc2c1C(=O)N(C1CCC(=O)NC1=O)C2=O)COCC(C)(C)CNC(=O)COCc1c(OC)cc(-c2cn(C)c(=O)c3[nH]ncc23)cc1OC. The Balaban J connectivity index is 0.938. The summed E-state index contributed by atoms with van der Waals surface area (Å²) in [6.07, 6.45) is 4.06. The number of amides is 6. The molecule has 19 nitrogen and oxygen atoms in total. The van der Waals surface area contributed by atoms with Crippen molar-refractivity contribution in [2.24, 2.45) is 17.9 Å². The van der Waals surface area contributed by atoms with Crippen LogP contribution >= 0.6 is 0 Å². The van der Waals surface area contributed by atoms with Crippen LogP contribution in [0.1, 0.15) is 73.2 Å². The number of methoxy groups -OCH3 is 2. The van der Waals surface area contributed by atoms with Crippen molar-refractivity contribution in [3.63, 3.8) is 0 Å². The summed E-state index contributed by atoms with van der Waals surface area (Å²) >= 11 is 0. The molecule has 0 aliphatic carbocycles. The number of benzene rings is 2. The van der Waals surface area contributed by atoms with E-state index < -0.39 is 40.5 Å². The normalized spacial score (nSPS) is 16.1. The second-order valence-corrected chi connectivity index (χ2v) is 16.9.